The fourth-order valence-corrected chi connectivity index (χ4v) is 4.71. The van der Waals surface area contributed by atoms with E-state index in [1.165, 1.54) is 38.5 Å². The fraction of sp³-hybridized carbons (Fsp3) is 0.522. The highest BCUT2D eigenvalue weighted by Gasteiger charge is 2.33. The number of amides is 1. The first-order chi connectivity index (χ1) is 14.2. The Morgan fingerprint density at radius 3 is 2.66 bits per heavy atom. The summed E-state index contributed by atoms with van der Waals surface area (Å²) in [5.41, 5.74) is 1.87. The molecular formula is C23H30N4O2. The number of aryl methyl sites for hydroxylation is 1. The van der Waals surface area contributed by atoms with E-state index in [0.717, 1.165) is 24.5 Å². The first kappa shape index (κ1) is 19.8. The number of likely N-dealkylation sites (tertiary alicyclic amines) is 1. The third-order valence-electron chi connectivity index (χ3n) is 6.23. The molecule has 1 amide bonds. The molecule has 1 aromatic carbocycles. The van der Waals surface area contributed by atoms with Gasteiger partial charge in [0.2, 0.25) is 0 Å². The standard InChI is InChI=1S/C23H30N4O2/c1-16-18(23(28)26-19-11-5-6-13-21(19)29-2)15-24-22(25-16)20-12-7-8-14-27(20)17-9-3-4-10-17/h5-6,11,13,15,17,20H,3-4,7-10,12,14H2,1-2H3,(H,26,28)/t20-/m1/s1. The number of nitrogens with zero attached hydrogens (tertiary/aromatic N) is 3. The molecule has 1 aromatic heterocycles. The van der Waals surface area contributed by atoms with Crippen LogP contribution in [0.4, 0.5) is 5.69 Å². The van der Waals surface area contributed by atoms with Gasteiger partial charge in [0.25, 0.3) is 5.91 Å². The Bertz CT molecular complexity index is 864. The van der Waals surface area contributed by atoms with Gasteiger partial charge in [-0.3, -0.25) is 9.69 Å². The van der Waals surface area contributed by atoms with Gasteiger partial charge in [-0.2, -0.15) is 0 Å². The van der Waals surface area contributed by atoms with Crippen molar-refractivity contribution in [2.24, 2.45) is 0 Å². The van der Waals surface area contributed by atoms with E-state index in [1.54, 1.807) is 13.3 Å². The van der Waals surface area contributed by atoms with Crippen molar-refractivity contribution in [3.8, 4) is 5.75 Å². The molecule has 1 N–H and O–H groups in total. The molecule has 2 aliphatic rings. The number of rotatable bonds is 5. The van der Waals surface area contributed by atoms with Crippen LogP contribution in [0.25, 0.3) is 0 Å². The van der Waals surface area contributed by atoms with E-state index in [0.29, 0.717) is 23.0 Å². The van der Waals surface area contributed by atoms with Crippen molar-refractivity contribution < 1.29 is 9.53 Å². The molecule has 0 unspecified atom stereocenters. The van der Waals surface area contributed by atoms with Crippen molar-refractivity contribution in [1.29, 1.82) is 0 Å². The quantitative estimate of drug-likeness (QED) is 0.808. The molecule has 1 aliphatic heterocycles. The maximum absolute atomic E-state index is 12.8. The Morgan fingerprint density at radius 1 is 1.14 bits per heavy atom. The predicted molar refractivity (Wildman–Crippen MR) is 113 cm³/mol. The molecule has 1 saturated heterocycles. The fourth-order valence-electron chi connectivity index (χ4n) is 4.71. The van der Waals surface area contributed by atoms with Gasteiger partial charge in [-0.05, 0) is 51.3 Å². The van der Waals surface area contributed by atoms with Crippen LogP contribution in [-0.4, -0.2) is 40.5 Å². The average molecular weight is 395 g/mol. The zero-order chi connectivity index (χ0) is 20.2. The average Bonchev–Trinajstić information content (AvgIpc) is 3.29. The summed E-state index contributed by atoms with van der Waals surface area (Å²) in [6.07, 6.45) is 10.5. The number of benzene rings is 1. The lowest BCUT2D eigenvalue weighted by Gasteiger charge is -2.39. The number of nitrogens with one attached hydrogen (secondary N) is 1. The van der Waals surface area contributed by atoms with Gasteiger partial charge >= 0.3 is 0 Å². The molecule has 154 valence electrons. The van der Waals surface area contributed by atoms with E-state index < -0.39 is 0 Å². The van der Waals surface area contributed by atoms with Gasteiger partial charge in [0.15, 0.2) is 0 Å². The second kappa shape index (κ2) is 8.91. The lowest BCUT2D eigenvalue weighted by molar-refractivity contribution is 0.0911. The topological polar surface area (TPSA) is 67.3 Å². The van der Waals surface area contributed by atoms with Crippen LogP contribution in [0.1, 0.15) is 72.9 Å². The molecular weight excluding hydrogens is 364 g/mol. The van der Waals surface area contributed by atoms with Crippen LogP contribution < -0.4 is 10.1 Å². The van der Waals surface area contributed by atoms with E-state index in [1.807, 2.05) is 31.2 Å². The number of piperidine rings is 1. The number of ether oxygens (including phenoxy) is 1. The minimum atomic E-state index is -0.213. The molecule has 29 heavy (non-hydrogen) atoms. The molecule has 0 bridgehead atoms. The maximum atomic E-state index is 12.8. The Kier molecular flexibility index (Phi) is 6.09. The molecule has 1 atom stereocenters. The van der Waals surface area contributed by atoms with E-state index in [2.05, 4.69) is 15.2 Å². The summed E-state index contributed by atoms with van der Waals surface area (Å²) >= 11 is 0. The second-order valence-corrected chi connectivity index (χ2v) is 8.07. The van der Waals surface area contributed by atoms with Crippen molar-refractivity contribution in [3.05, 3.63) is 47.5 Å². The minimum Gasteiger partial charge on any atom is -0.495 e. The number of carbonyl (C=O) groups excluding carboxylic acids is 1. The number of carbonyl (C=O) groups is 1. The number of para-hydroxylation sites is 2. The lowest BCUT2D eigenvalue weighted by atomic mass is 9.98. The molecule has 0 spiro atoms. The summed E-state index contributed by atoms with van der Waals surface area (Å²) in [5, 5.41) is 2.92. The van der Waals surface area contributed by atoms with Crippen LogP contribution in [0.15, 0.2) is 30.5 Å². The Labute approximate surface area is 172 Å². The number of hydrogen-bond acceptors (Lipinski definition) is 5. The third-order valence-corrected chi connectivity index (χ3v) is 6.23. The summed E-state index contributed by atoms with van der Waals surface area (Å²) in [5.74, 6) is 1.28. The second-order valence-electron chi connectivity index (χ2n) is 8.07. The molecule has 0 radical (unpaired) electrons. The molecule has 2 fully saturated rings. The van der Waals surface area contributed by atoms with Crippen molar-refractivity contribution in [1.82, 2.24) is 14.9 Å². The highest BCUT2D eigenvalue weighted by molar-refractivity contribution is 6.05. The van der Waals surface area contributed by atoms with Gasteiger partial charge in [0, 0.05) is 12.2 Å². The van der Waals surface area contributed by atoms with E-state index in [-0.39, 0.29) is 11.9 Å². The van der Waals surface area contributed by atoms with E-state index in [9.17, 15) is 4.79 Å². The van der Waals surface area contributed by atoms with Crippen LogP contribution in [0.3, 0.4) is 0 Å². The smallest absolute Gasteiger partial charge is 0.259 e. The number of anilines is 1. The van der Waals surface area contributed by atoms with E-state index >= 15 is 0 Å². The van der Waals surface area contributed by atoms with Crippen molar-refractivity contribution in [2.45, 2.75) is 64.0 Å². The normalized spacial score (nSPS) is 20.6. The number of aromatic nitrogens is 2. The SMILES string of the molecule is COc1ccccc1NC(=O)c1cnc([C@H]2CCCCN2C2CCCC2)nc1C. The first-order valence-electron chi connectivity index (χ1n) is 10.7. The van der Waals surface area contributed by atoms with Crippen LogP contribution in [0, 0.1) is 6.92 Å². The molecule has 6 heteroatoms. The van der Waals surface area contributed by atoms with Gasteiger partial charge in [-0.25, -0.2) is 9.97 Å². The Morgan fingerprint density at radius 2 is 1.90 bits per heavy atom. The van der Waals surface area contributed by atoms with Gasteiger partial charge in [-0.15, -0.1) is 0 Å². The maximum Gasteiger partial charge on any atom is 0.259 e. The van der Waals surface area contributed by atoms with Gasteiger partial charge in [0.05, 0.1) is 30.1 Å². The lowest BCUT2D eigenvalue weighted by Crippen LogP contribution is -2.41. The molecule has 2 aromatic rings. The van der Waals surface area contributed by atoms with Crippen LogP contribution >= 0.6 is 0 Å². The molecule has 2 heterocycles. The molecule has 1 aliphatic carbocycles. The number of methoxy groups -OCH3 is 1. The molecule has 1 saturated carbocycles. The Balaban J connectivity index is 1.53. The van der Waals surface area contributed by atoms with Crippen molar-refractivity contribution >= 4 is 11.6 Å². The summed E-state index contributed by atoms with van der Waals surface area (Å²) in [4.78, 5) is 24.9. The van der Waals surface area contributed by atoms with Gasteiger partial charge < -0.3 is 10.1 Å². The molecule has 6 nitrogen and oxygen atoms in total. The van der Waals surface area contributed by atoms with Crippen LogP contribution in [-0.2, 0) is 0 Å². The summed E-state index contributed by atoms with van der Waals surface area (Å²) < 4.78 is 5.32. The zero-order valence-electron chi connectivity index (χ0n) is 17.4. The molecule has 4 rings (SSSR count). The van der Waals surface area contributed by atoms with E-state index in [4.69, 9.17) is 9.72 Å². The third kappa shape index (κ3) is 4.27. The minimum absolute atomic E-state index is 0.213. The van der Waals surface area contributed by atoms with Crippen LogP contribution in [0.5, 0.6) is 5.75 Å². The summed E-state index contributed by atoms with van der Waals surface area (Å²) in [6.45, 7) is 3.03. The zero-order valence-corrected chi connectivity index (χ0v) is 17.4. The highest BCUT2D eigenvalue weighted by atomic mass is 16.5. The largest absolute Gasteiger partial charge is 0.495 e. The predicted octanol–water partition coefficient (Wildman–Crippen LogP) is 4.52. The Hall–Kier alpha value is -2.47. The van der Waals surface area contributed by atoms with Crippen molar-refractivity contribution in [3.63, 3.8) is 0 Å². The van der Waals surface area contributed by atoms with Crippen LogP contribution in [0.2, 0.25) is 0 Å². The monoisotopic (exact) mass is 394 g/mol. The van der Waals surface area contributed by atoms with Gasteiger partial charge in [0.1, 0.15) is 11.6 Å². The summed E-state index contributed by atoms with van der Waals surface area (Å²) in [6, 6.07) is 8.32. The number of hydrogen-bond donors (Lipinski definition) is 1. The first-order valence-corrected chi connectivity index (χ1v) is 10.7. The van der Waals surface area contributed by atoms with Crippen molar-refractivity contribution in [2.75, 3.05) is 19.0 Å². The highest BCUT2D eigenvalue weighted by Crippen LogP contribution is 2.36. The summed E-state index contributed by atoms with van der Waals surface area (Å²) in [7, 11) is 1.59. The van der Waals surface area contributed by atoms with Gasteiger partial charge in [-0.1, -0.05) is 31.4 Å².